The molecule has 0 radical (unpaired) electrons. The van der Waals surface area contributed by atoms with Crippen LogP contribution in [0.3, 0.4) is 0 Å². The van der Waals surface area contributed by atoms with Crippen molar-refractivity contribution in [3.8, 4) is 11.5 Å². The van der Waals surface area contributed by atoms with Gasteiger partial charge in [-0.25, -0.2) is 0 Å². The first kappa shape index (κ1) is 18.8. The van der Waals surface area contributed by atoms with Crippen LogP contribution in [-0.2, 0) is 4.79 Å². The predicted octanol–water partition coefficient (Wildman–Crippen LogP) is 4.35. The number of ether oxygens (including phenoxy) is 2. The second-order valence-electron chi connectivity index (χ2n) is 6.25. The normalized spacial score (nSPS) is 13.0. The molecule has 0 aliphatic carbocycles. The number of aryl methyl sites for hydroxylation is 2. The number of carbonyl (C=O) groups is 1. The number of amides is 1. The molecule has 2 atom stereocenters. The lowest BCUT2D eigenvalue weighted by atomic mass is 9.99. The second-order valence-corrected chi connectivity index (χ2v) is 6.25. The molecule has 1 N–H and O–H groups in total. The van der Waals surface area contributed by atoms with E-state index in [2.05, 4.69) is 44.3 Å². The van der Waals surface area contributed by atoms with E-state index in [1.807, 2.05) is 18.2 Å². The van der Waals surface area contributed by atoms with Crippen LogP contribution in [0.2, 0.25) is 0 Å². The maximum absolute atomic E-state index is 12.5. The summed E-state index contributed by atoms with van der Waals surface area (Å²) in [7, 11) is 1.60. The quantitative estimate of drug-likeness (QED) is 0.814. The maximum atomic E-state index is 12.5. The molecule has 0 saturated heterocycles. The highest BCUT2D eigenvalue weighted by Gasteiger charge is 2.19. The average molecular weight is 341 g/mol. The first-order chi connectivity index (χ1) is 11.9. The topological polar surface area (TPSA) is 47.6 Å². The minimum Gasteiger partial charge on any atom is -0.497 e. The summed E-state index contributed by atoms with van der Waals surface area (Å²) in [6, 6.07) is 13.5. The molecule has 0 fully saturated rings. The Morgan fingerprint density at radius 1 is 1.08 bits per heavy atom. The molecule has 0 aliphatic rings. The molecule has 0 heterocycles. The van der Waals surface area contributed by atoms with Crippen LogP contribution < -0.4 is 14.8 Å². The molecule has 4 heteroatoms. The molecule has 134 valence electrons. The zero-order valence-electron chi connectivity index (χ0n) is 15.6. The third kappa shape index (κ3) is 4.99. The molecule has 1 amide bonds. The molecule has 0 bridgehead atoms. The van der Waals surface area contributed by atoms with Gasteiger partial charge in [0.15, 0.2) is 6.10 Å². The highest BCUT2D eigenvalue weighted by Crippen LogP contribution is 2.22. The molecule has 2 aromatic rings. The third-order valence-corrected chi connectivity index (χ3v) is 4.38. The number of methoxy groups -OCH3 is 1. The van der Waals surface area contributed by atoms with E-state index >= 15 is 0 Å². The van der Waals surface area contributed by atoms with Gasteiger partial charge in [-0.15, -0.1) is 0 Å². The summed E-state index contributed by atoms with van der Waals surface area (Å²) in [5.41, 5.74) is 3.60. The fraction of sp³-hybridized carbons (Fsp3) is 0.381. The van der Waals surface area contributed by atoms with Gasteiger partial charge in [0.2, 0.25) is 0 Å². The summed E-state index contributed by atoms with van der Waals surface area (Å²) in [5, 5.41) is 3.08. The van der Waals surface area contributed by atoms with Gasteiger partial charge in [0.05, 0.1) is 13.2 Å². The van der Waals surface area contributed by atoms with E-state index in [-0.39, 0.29) is 11.9 Å². The van der Waals surface area contributed by atoms with Crippen molar-refractivity contribution in [1.82, 2.24) is 5.32 Å². The van der Waals surface area contributed by atoms with Gasteiger partial charge in [0.1, 0.15) is 11.5 Å². The Morgan fingerprint density at radius 3 is 2.44 bits per heavy atom. The van der Waals surface area contributed by atoms with E-state index in [0.717, 1.165) is 12.0 Å². The van der Waals surface area contributed by atoms with Crippen LogP contribution >= 0.6 is 0 Å². The van der Waals surface area contributed by atoms with Crippen LogP contribution in [0.15, 0.2) is 42.5 Å². The van der Waals surface area contributed by atoms with Crippen molar-refractivity contribution in [2.75, 3.05) is 7.11 Å². The van der Waals surface area contributed by atoms with E-state index in [4.69, 9.17) is 9.47 Å². The first-order valence-corrected chi connectivity index (χ1v) is 8.62. The zero-order chi connectivity index (χ0) is 18.4. The lowest BCUT2D eigenvalue weighted by molar-refractivity contribution is -0.128. The van der Waals surface area contributed by atoms with Crippen LogP contribution in [-0.4, -0.2) is 19.1 Å². The Balaban J connectivity index is 2.03. The van der Waals surface area contributed by atoms with E-state index in [9.17, 15) is 4.79 Å². The van der Waals surface area contributed by atoms with Crippen LogP contribution in [0.25, 0.3) is 0 Å². The Bertz CT molecular complexity index is 727. The number of hydrogen-bond acceptors (Lipinski definition) is 3. The van der Waals surface area contributed by atoms with E-state index in [0.29, 0.717) is 11.5 Å². The van der Waals surface area contributed by atoms with Crippen molar-refractivity contribution in [3.63, 3.8) is 0 Å². The van der Waals surface area contributed by atoms with Crippen molar-refractivity contribution >= 4 is 5.91 Å². The summed E-state index contributed by atoms with van der Waals surface area (Å²) in [4.78, 5) is 12.5. The van der Waals surface area contributed by atoms with Gasteiger partial charge in [0, 0.05) is 6.07 Å². The molecular formula is C21H27NO3. The molecule has 25 heavy (non-hydrogen) atoms. The van der Waals surface area contributed by atoms with Gasteiger partial charge in [-0.1, -0.05) is 31.2 Å². The van der Waals surface area contributed by atoms with Crippen LogP contribution in [0.4, 0.5) is 0 Å². The summed E-state index contributed by atoms with van der Waals surface area (Å²) >= 11 is 0. The number of benzene rings is 2. The molecule has 2 rings (SSSR count). The SMILES string of the molecule is CC[C@@H](NC(=O)[C@H](C)Oc1cccc(OC)c1)c1ccc(C)c(C)c1. The van der Waals surface area contributed by atoms with Gasteiger partial charge < -0.3 is 14.8 Å². The summed E-state index contributed by atoms with van der Waals surface area (Å²) in [6.07, 6.45) is 0.229. The highest BCUT2D eigenvalue weighted by molar-refractivity contribution is 5.81. The number of rotatable bonds is 7. The fourth-order valence-electron chi connectivity index (χ4n) is 2.62. The van der Waals surface area contributed by atoms with Crippen LogP contribution in [0.1, 0.15) is 43.0 Å². The van der Waals surface area contributed by atoms with Crippen molar-refractivity contribution < 1.29 is 14.3 Å². The minimum atomic E-state index is -0.590. The maximum Gasteiger partial charge on any atom is 0.261 e. The number of nitrogens with one attached hydrogen (secondary N) is 1. The van der Waals surface area contributed by atoms with E-state index < -0.39 is 6.10 Å². The molecule has 2 aromatic carbocycles. The molecule has 0 aliphatic heterocycles. The lowest BCUT2D eigenvalue weighted by Crippen LogP contribution is -2.38. The van der Waals surface area contributed by atoms with Crippen LogP contribution in [0.5, 0.6) is 11.5 Å². The number of carbonyl (C=O) groups excluding carboxylic acids is 1. The summed E-state index contributed by atoms with van der Waals surface area (Å²) in [6.45, 7) is 7.99. The monoisotopic (exact) mass is 341 g/mol. The molecule has 0 spiro atoms. The third-order valence-electron chi connectivity index (χ3n) is 4.38. The average Bonchev–Trinajstić information content (AvgIpc) is 2.62. The molecule has 0 saturated carbocycles. The van der Waals surface area contributed by atoms with Crippen molar-refractivity contribution in [1.29, 1.82) is 0 Å². The van der Waals surface area contributed by atoms with Gasteiger partial charge in [0.25, 0.3) is 5.91 Å². The summed E-state index contributed by atoms with van der Waals surface area (Å²) < 4.78 is 10.9. The highest BCUT2D eigenvalue weighted by atomic mass is 16.5. The van der Waals surface area contributed by atoms with Gasteiger partial charge in [-0.2, -0.15) is 0 Å². The van der Waals surface area contributed by atoms with Gasteiger partial charge in [-0.05, 0) is 56.0 Å². The van der Waals surface area contributed by atoms with Crippen molar-refractivity contribution in [3.05, 3.63) is 59.2 Å². The predicted molar refractivity (Wildman–Crippen MR) is 100 cm³/mol. The van der Waals surface area contributed by atoms with E-state index in [1.54, 1.807) is 20.1 Å². The largest absolute Gasteiger partial charge is 0.497 e. The Labute approximate surface area is 150 Å². The Hall–Kier alpha value is -2.49. The Morgan fingerprint density at radius 2 is 1.80 bits per heavy atom. The standard InChI is InChI=1S/C21H27NO3/c1-6-20(17-11-10-14(2)15(3)12-17)22-21(23)16(4)25-19-9-7-8-18(13-19)24-5/h7-13,16,20H,6H2,1-5H3,(H,22,23)/t16-,20+/m0/s1. The fourth-order valence-corrected chi connectivity index (χ4v) is 2.62. The lowest BCUT2D eigenvalue weighted by Gasteiger charge is -2.22. The smallest absolute Gasteiger partial charge is 0.261 e. The van der Waals surface area contributed by atoms with Crippen LogP contribution in [0, 0.1) is 13.8 Å². The molecular weight excluding hydrogens is 314 g/mol. The van der Waals surface area contributed by atoms with E-state index in [1.165, 1.54) is 11.1 Å². The molecule has 0 unspecified atom stereocenters. The first-order valence-electron chi connectivity index (χ1n) is 8.62. The minimum absolute atomic E-state index is 0.0249. The second kappa shape index (κ2) is 8.56. The van der Waals surface area contributed by atoms with Gasteiger partial charge in [-0.3, -0.25) is 4.79 Å². The molecule has 4 nitrogen and oxygen atoms in total. The summed E-state index contributed by atoms with van der Waals surface area (Å²) in [5.74, 6) is 1.18. The van der Waals surface area contributed by atoms with Crippen molar-refractivity contribution in [2.24, 2.45) is 0 Å². The number of hydrogen-bond donors (Lipinski definition) is 1. The van der Waals surface area contributed by atoms with Crippen molar-refractivity contribution in [2.45, 2.75) is 46.3 Å². The zero-order valence-corrected chi connectivity index (χ0v) is 15.6. The van der Waals surface area contributed by atoms with Gasteiger partial charge >= 0.3 is 0 Å². The molecule has 0 aromatic heterocycles. The Kier molecular flexibility index (Phi) is 6.45.